The third-order valence-electron chi connectivity index (χ3n) is 10.3. The molecule has 0 spiro atoms. The summed E-state index contributed by atoms with van der Waals surface area (Å²) in [5, 5.41) is 0. The molecule has 0 rings (SSSR count). The molecule has 0 bridgehead atoms. The largest absolute Gasteiger partial charge is 0.462 e. The van der Waals surface area contributed by atoms with Gasteiger partial charge in [0.05, 0.1) is 6.61 Å². The van der Waals surface area contributed by atoms with Crippen LogP contribution in [0.4, 0.5) is 0 Å². The highest BCUT2D eigenvalue weighted by molar-refractivity contribution is 5.70. The Hall–Kier alpha value is -2.14. The molecular formula is C51H92O5. The number of rotatable bonds is 44. The maximum absolute atomic E-state index is 12.7. The SMILES string of the molecule is CCCC/C=C\CCCCCCCC(=O)OC(COCCCCCCCCCCCC)COC(=O)CCCCCCCC/C=C\C/C=C\C/C=C\CCCCC. The van der Waals surface area contributed by atoms with Gasteiger partial charge in [0.25, 0.3) is 0 Å². The predicted molar refractivity (Wildman–Crippen MR) is 242 cm³/mol. The van der Waals surface area contributed by atoms with Crippen LogP contribution in [0.5, 0.6) is 0 Å². The first-order valence-corrected chi connectivity index (χ1v) is 24.2. The Balaban J connectivity index is 4.21. The first-order chi connectivity index (χ1) is 27.6. The Labute approximate surface area is 348 Å². The number of hydrogen-bond donors (Lipinski definition) is 0. The smallest absolute Gasteiger partial charge is 0.306 e. The number of hydrogen-bond acceptors (Lipinski definition) is 5. The molecule has 0 aliphatic heterocycles. The molecular weight excluding hydrogens is 693 g/mol. The van der Waals surface area contributed by atoms with Gasteiger partial charge in [-0.3, -0.25) is 9.59 Å². The van der Waals surface area contributed by atoms with E-state index in [4.69, 9.17) is 14.2 Å². The summed E-state index contributed by atoms with van der Waals surface area (Å²) in [6, 6.07) is 0. The van der Waals surface area contributed by atoms with Crippen molar-refractivity contribution in [3.05, 3.63) is 48.6 Å². The summed E-state index contributed by atoms with van der Waals surface area (Å²) in [6.07, 6.45) is 56.8. The van der Waals surface area contributed by atoms with E-state index >= 15 is 0 Å². The maximum atomic E-state index is 12.7. The fourth-order valence-electron chi connectivity index (χ4n) is 6.67. The summed E-state index contributed by atoms with van der Waals surface area (Å²) < 4.78 is 17.3. The summed E-state index contributed by atoms with van der Waals surface area (Å²) in [7, 11) is 0. The zero-order chi connectivity index (χ0) is 40.7. The van der Waals surface area contributed by atoms with Gasteiger partial charge in [-0.25, -0.2) is 0 Å². The molecule has 1 unspecified atom stereocenters. The average Bonchev–Trinajstić information content (AvgIpc) is 3.20. The van der Waals surface area contributed by atoms with Crippen molar-refractivity contribution < 1.29 is 23.8 Å². The predicted octanol–water partition coefficient (Wildman–Crippen LogP) is 16.0. The molecule has 1 atom stereocenters. The molecule has 326 valence electrons. The van der Waals surface area contributed by atoms with E-state index in [-0.39, 0.29) is 25.2 Å². The molecule has 0 aliphatic carbocycles. The van der Waals surface area contributed by atoms with Crippen molar-refractivity contribution in [1.82, 2.24) is 0 Å². The van der Waals surface area contributed by atoms with Gasteiger partial charge in [-0.15, -0.1) is 0 Å². The fourth-order valence-corrected chi connectivity index (χ4v) is 6.67. The third kappa shape index (κ3) is 44.6. The first kappa shape index (κ1) is 53.9. The van der Waals surface area contributed by atoms with Gasteiger partial charge in [0.2, 0.25) is 0 Å². The van der Waals surface area contributed by atoms with Gasteiger partial charge in [-0.05, 0) is 77.0 Å². The minimum absolute atomic E-state index is 0.0772. The highest BCUT2D eigenvalue weighted by Crippen LogP contribution is 2.13. The molecule has 0 radical (unpaired) electrons. The van der Waals surface area contributed by atoms with Crippen molar-refractivity contribution in [2.75, 3.05) is 19.8 Å². The lowest BCUT2D eigenvalue weighted by molar-refractivity contribution is -0.163. The molecule has 0 aliphatic rings. The zero-order valence-corrected chi connectivity index (χ0v) is 37.4. The summed E-state index contributed by atoms with van der Waals surface area (Å²) in [4.78, 5) is 25.3. The van der Waals surface area contributed by atoms with E-state index in [0.29, 0.717) is 19.4 Å². The lowest BCUT2D eigenvalue weighted by Gasteiger charge is -2.18. The van der Waals surface area contributed by atoms with Crippen molar-refractivity contribution in [2.24, 2.45) is 0 Å². The maximum Gasteiger partial charge on any atom is 0.306 e. The highest BCUT2D eigenvalue weighted by atomic mass is 16.6. The van der Waals surface area contributed by atoms with Crippen molar-refractivity contribution >= 4 is 11.9 Å². The van der Waals surface area contributed by atoms with Crippen molar-refractivity contribution in [3.8, 4) is 0 Å². The first-order valence-electron chi connectivity index (χ1n) is 24.2. The monoisotopic (exact) mass is 785 g/mol. The molecule has 0 aromatic heterocycles. The standard InChI is InChI=1S/C51H92O5/c1-4-7-10-13-16-19-22-23-24-25-26-27-28-29-31-32-35-38-41-44-50(52)55-48-49(47-54-46-43-40-37-34-21-18-15-12-9-6-3)56-51(53)45-42-39-36-33-30-20-17-14-11-8-5-2/h14,16-17,19,23-24,26-27,49H,4-13,15,18,20-22,25,28-48H2,1-3H3/b17-14-,19-16-,24-23-,27-26-. The average molecular weight is 785 g/mol. The number of carbonyl (C=O) groups is 2. The molecule has 5 nitrogen and oxygen atoms in total. The lowest BCUT2D eigenvalue weighted by atomic mass is 10.1. The quantitative estimate of drug-likeness (QED) is 0.0350. The van der Waals surface area contributed by atoms with Gasteiger partial charge in [0, 0.05) is 19.4 Å². The molecule has 0 N–H and O–H groups in total. The number of carbonyl (C=O) groups excluding carboxylic acids is 2. The van der Waals surface area contributed by atoms with Gasteiger partial charge < -0.3 is 14.2 Å². The molecule has 0 fully saturated rings. The van der Waals surface area contributed by atoms with Crippen LogP contribution in [-0.4, -0.2) is 37.9 Å². The van der Waals surface area contributed by atoms with Crippen molar-refractivity contribution in [2.45, 2.75) is 245 Å². The van der Waals surface area contributed by atoms with Crippen molar-refractivity contribution in [3.63, 3.8) is 0 Å². The van der Waals surface area contributed by atoms with Crippen LogP contribution in [0, 0.1) is 0 Å². The van der Waals surface area contributed by atoms with E-state index < -0.39 is 6.10 Å². The number of unbranched alkanes of at least 4 members (excludes halogenated alkanes) is 25. The summed E-state index contributed by atoms with van der Waals surface area (Å²) in [5.74, 6) is -0.417. The van der Waals surface area contributed by atoms with Crippen LogP contribution in [0.1, 0.15) is 239 Å². The molecule has 0 saturated carbocycles. The van der Waals surface area contributed by atoms with Crippen LogP contribution in [0.15, 0.2) is 48.6 Å². The molecule has 0 heterocycles. The molecule has 0 aromatic rings. The Morgan fingerprint density at radius 2 is 0.768 bits per heavy atom. The van der Waals surface area contributed by atoms with Crippen LogP contribution in [0.2, 0.25) is 0 Å². The van der Waals surface area contributed by atoms with Gasteiger partial charge >= 0.3 is 11.9 Å². The van der Waals surface area contributed by atoms with E-state index in [1.165, 1.54) is 128 Å². The van der Waals surface area contributed by atoms with Crippen molar-refractivity contribution in [1.29, 1.82) is 0 Å². The van der Waals surface area contributed by atoms with E-state index in [9.17, 15) is 9.59 Å². The van der Waals surface area contributed by atoms with Crippen LogP contribution >= 0.6 is 0 Å². The summed E-state index contributed by atoms with van der Waals surface area (Å²) in [5.41, 5.74) is 0. The molecule has 0 aromatic carbocycles. The molecule has 5 heteroatoms. The minimum Gasteiger partial charge on any atom is -0.462 e. The van der Waals surface area contributed by atoms with E-state index in [0.717, 1.165) is 77.0 Å². The topological polar surface area (TPSA) is 61.8 Å². The molecule has 56 heavy (non-hydrogen) atoms. The third-order valence-corrected chi connectivity index (χ3v) is 10.3. The fraction of sp³-hybridized carbons (Fsp3) is 0.804. The van der Waals surface area contributed by atoms with Gasteiger partial charge in [-0.2, -0.15) is 0 Å². The molecule has 0 amide bonds. The number of ether oxygens (including phenoxy) is 3. The van der Waals surface area contributed by atoms with Crippen LogP contribution in [-0.2, 0) is 23.8 Å². The summed E-state index contributed by atoms with van der Waals surface area (Å²) in [6.45, 7) is 7.75. The number of allylic oxidation sites excluding steroid dienone is 8. The normalized spacial score (nSPS) is 12.6. The van der Waals surface area contributed by atoms with Crippen LogP contribution < -0.4 is 0 Å². The van der Waals surface area contributed by atoms with E-state index in [1.807, 2.05) is 0 Å². The summed E-state index contributed by atoms with van der Waals surface area (Å²) >= 11 is 0. The van der Waals surface area contributed by atoms with Crippen LogP contribution in [0.3, 0.4) is 0 Å². The lowest BCUT2D eigenvalue weighted by Crippen LogP contribution is -2.30. The second-order valence-corrected chi connectivity index (χ2v) is 16.0. The Morgan fingerprint density at radius 3 is 1.30 bits per heavy atom. The second-order valence-electron chi connectivity index (χ2n) is 16.0. The Bertz CT molecular complexity index is 935. The second kappa shape index (κ2) is 47.2. The van der Waals surface area contributed by atoms with Gasteiger partial charge in [-0.1, -0.05) is 198 Å². The molecule has 0 saturated heterocycles. The Kier molecular flexibility index (Phi) is 45.4. The van der Waals surface area contributed by atoms with Gasteiger partial charge in [0.15, 0.2) is 6.10 Å². The Morgan fingerprint density at radius 1 is 0.393 bits per heavy atom. The zero-order valence-electron chi connectivity index (χ0n) is 37.4. The van der Waals surface area contributed by atoms with E-state index in [2.05, 4.69) is 69.4 Å². The van der Waals surface area contributed by atoms with E-state index in [1.54, 1.807) is 0 Å². The van der Waals surface area contributed by atoms with Crippen LogP contribution in [0.25, 0.3) is 0 Å². The van der Waals surface area contributed by atoms with Gasteiger partial charge in [0.1, 0.15) is 6.61 Å². The minimum atomic E-state index is -0.540. The highest BCUT2D eigenvalue weighted by Gasteiger charge is 2.17. The number of esters is 2.